The summed E-state index contributed by atoms with van der Waals surface area (Å²) in [6.45, 7) is 14.0. The third-order valence-corrected chi connectivity index (χ3v) is 4.80. The average Bonchev–Trinajstić information content (AvgIpc) is 2.77. The van der Waals surface area contributed by atoms with E-state index >= 15 is 0 Å². The quantitative estimate of drug-likeness (QED) is 0.511. The molecule has 1 fully saturated rings. The molecule has 1 aliphatic heterocycles. The highest BCUT2D eigenvalue weighted by atomic mass is 15.1. The van der Waals surface area contributed by atoms with E-state index in [4.69, 9.17) is 0 Å². The zero-order chi connectivity index (χ0) is 19.9. The molecular formula is C26H37N. The smallest absolute Gasteiger partial charge is 0.0366 e. The summed E-state index contributed by atoms with van der Waals surface area (Å²) in [4.78, 5) is 2.53. The molecule has 0 atom stereocenters. The Morgan fingerprint density at radius 3 is 2.00 bits per heavy atom. The lowest BCUT2D eigenvalue weighted by molar-refractivity contribution is 0.505. The molecule has 1 heterocycles. The first-order valence-corrected chi connectivity index (χ1v) is 10.4. The molecule has 0 spiro atoms. The van der Waals surface area contributed by atoms with E-state index in [0.717, 1.165) is 12.3 Å². The number of allylic oxidation sites excluding steroid dienone is 3. The van der Waals surface area contributed by atoms with Gasteiger partial charge >= 0.3 is 0 Å². The van der Waals surface area contributed by atoms with Crippen LogP contribution in [-0.4, -0.2) is 13.1 Å². The standard InChI is InChI=1S/C19H23N.C5H8.C2H6/c1-2-16-8-10-19(11-9-16)20-14-12-18(13-15-20)17-6-4-3-5-7-17;1-3-5-4-2;1-2/h3-11,18H,2,12-15H2,1H3;3-5H,1H2,2H3;1-2H3/b;5-4-;. The van der Waals surface area contributed by atoms with Gasteiger partial charge in [-0.25, -0.2) is 0 Å². The zero-order valence-corrected chi connectivity index (χ0v) is 17.7. The number of nitrogens with zero attached hydrogens (tertiary/aromatic N) is 1. The van der Waals surface area contributed by atoms with Gasteiger partial charge in [-0.1, -0.05) is 88.0 Å². The summed E-state index contributed by atoms with van der Waals surface area (Å²) in [5.41, 5.74) is 4.31. The molecule has 0 N–H and O–H groups in total. The van der Waals surface area contributed by atoms with Gasteiger partial charge in [0.2, 0.25) is 0 Å². The van der Waals surface area contributed by atoms with Crippen molar-refractivity contribution >= 4 is 5.69 Å². The summed E-state index contributed by atoms with van der Waals surface area (Å²) in [5, 5.41) is 0. The van der Waals surface area contributed by atoms with Crippen molar-refractivity contribution in [3.05, 3.63) is 90.5 Å². The van der Waals surface area contributed by atoms with Crippen LogP contribution < -0.4 is 4.90 Å². The van der Waals surface area contributed by atoms with Crippen molar-refractivity contribution in [1.29, 1.82) is 0 Å². The Bertz CT molecular complexity index is 632. The first kappa shape index (κ1) is 22.8. The minimum Gasteiger partial charge on any atom is -0.371 e. The number of anilines is 1. The summed E-state index contributed by atoms with van der Waals surface area (Å²) in [7, 11) is 0. The van der Waals surface area contributed by atoms with Crippen LogP contribution in [0.1, 0.15) is 57.6 Å². The molecule has 2 aromatic rings. The molecule has 0 amide bonds. The van der Waals surface area contributed by atoms with Gasteiger partial charge in [0.05, 0.1) is 0 Å². The van der Waals surface area contributed by atoms with E-state index in [1.54, 1.807) is 6.08 Å². The average molecular weight is 364 g/mol. The Balaban J connectivity index is 0.000000454. The molecule has 0 aliphatic carbocycles. The Morgan fingerprint density at radius 1 is 0.963 bits per heavy atom. The molecule has 146 valence electrons. The van der Waals surface area contributed by atoms with Gasteiger partial charge in [0.25, 0.3) is 0 Å². The highest BCUT2D eigenvalue weighted by molar-refractivity contribution is 5.48. The molecule has 0 radical (unpaired) electrons. The molecule has 1 heteroatoms. The molecule has 2 aromatic carbocycles. The number of aryl methyl sites for hydroxylation is 1. The van der Waals surface area contributed by atoms with Gasteiger partial charge in [0, 0.05) is 18.8 Å². The fourth-order valence-electron chi connectivity index (χ4n) is 3.27. The monoisotopic (exact) mass is 363 g/mol. The summed E-state index contributed by atoms with van der Waals surface area (Å²) < 4.78 is 0. The minimum absolute atomic E-state index is 0.738. The van der Waals surface area contributed by atoms with Crippen molar-refractivity contribution in [3.63, 3.8) is 0 Å². The van der Waals surface area contributed by atoms with Gasteiger partial charge in [-0.15, -0.1) is 0 Å². The maximum absolute atomic E-state index is 3.46. The summed E-state index contributed by atoms with van der Waals surface area (Å²) in [6, 6.07) is 20.1. The summed E-state index contributed by atoms with van der Waals surface area (Å²) >= 11 is 0. The fraction of sp³-hybridized carbons (Fsp3) is 0.385. The van der Waals surface area contributed by atoms with Crippen molar-refractivity contribution < 1.29 is 0 Å². The predicted molar refractivity (Wildman–Crippen MR) is 123 cm³/mol. The predicted octanol–water partition coefficient (Wildman–Crippen LogP) is 7.41. The van der Waals surface area contributed by atoms with Crippen LogP contribution >= 0.6 is 0 Å². The van der Waals surface area contributed by atoms with E-state index in [0.29, 0.717) is 0 Å². The fourth-order valence-corrected chi connectivity index (χ4v) is 3.27. The Labute approximate surface area is 167 Å². The maximum Gasteiger partial charge on any atom is 0.0366 e. The lowest BCUT2D eigenvalue weighted by atomic mass is 9.89. The Kier molecular flexibility index (Phi) is 11.7. The third-order valence-electron chi connectivity index (χ3n) is 4.80. The summed E-state index contributed by atoms with van der Waals surface area (Å²) in [6.07, 6.45) is 9.22. The molecule has 0 bridgehead atoms. The molecule has 1 saturated heterocycles. The largest absolute Gasteiger partial charge is 0.371 e. The van der Waals surface area contributed by atoms with E-state index in [-0.39, 0.29) is 0 Å². The SMILES string of the molecule is C=C/C=C\C.CC.CCc1ccc(N2CCC(c3ccccc3)CC2)cc1. The molecule has 0 saturated carbocycles. The van der Waals surface area contributed by atoms with E-state index in [1.807, 2.05) is 32.9 Å². The van der Waals surface area contributed by atoms with Gasteiger partial charge in [-0.3, -0.25) is 0 Å². The lowest BCUT2D eigenvalue weighted by Crippen LogP contribution is -2.32. The second-order valence-electron chi connectivity index (χ2n) is 6.45. The Morgan fingerprint density at radius 2 is 1.56 bits per heavy atom. The molecule has 1 nitrogen and oxygen atoms in total. The van der Waals surface area contributed by atoms with Crippen LogP contribution in [0.15, 0.2) is 79.4 Å². The molecule has 0 aromatic heterocycles. The number of hydrogen-bond donors (Lipinski definition) is 0. The molecule has 27 heavy (non-hydrogen) atoms. The van der Waals surface area contributed by atoms with Crippen LogP contribution in [0.4, 0.5) is 5.69 Å². The number of piperidine rings is 1. The lowest BCUT2D eigenvalue weighted by Gasteiger charge is -2.34. The topological polar surface area (TPSA) is 3.24 Å². The van der Waals surface area contributed by atoms with Crippen molar-refractivity contribution in [2.45, 2.75) is 52.9 Å². The maximum atomic E-state index is 3.46. The van der Waals surface area contributed by atoms with E-state index < -0.39 is 0 Å². The number of benzene rings is 2. The van der Waals surface area contributed by atoms with Crippen LogP contribution in [0.3, 0.4) is 0 Å². The van der Waals surface area contributed by atoms with Crippen molar-refractivity contribution in [2.75, 3.05) is 18.0 Å². The van der Waals surface area contributed by atoms with E-state index in [1.165, 1.54) is 42.7 Å². The highest BCUT2D eigenvalue weighted by Gasteiger charge is 2.20. The van der Waals surface area contributed by atoms with E-state index in [2.05, 4.69) is 73.0 Å². The van der Waals surface area contributed by atoms with Gasteiger partial charge < -0.3 is 4.90 Å². The van der Waals surface area contributed by atoms with Crippen LogP contribution in [0, 0.1) is 0 Å². The van der Waals surface area contributed by atoms with Gasteiger partial charge in [-0.05, 0) is 55.4 Å². The first-order chi connectivity index (χ1) is 13.3. The van der Waals surface area contributed by atoms with Crippen LogP contribution in [0.5, 0.6) is 0 Å². The van der Waals surface area contributed by atoms with Crippen molar-refractivity contribution in [2.24, 2.45) is 0 Å². The molecular weight excluding hydrogens is 326 g/mol. The van der Waals surface area contributed by atoms with Gasteiger partial charge in [-0.2, -0.15) is 0 Å². The molecule has 3 rings (SSSR count). The van der Waals surface area contributed by atoms with Gasteiger partial charge in [0.15, 0.2) is 0 Å². The van der Waals surface area contributed by atoms with Crippen molar-refractivity contribution in [3.8, 4) is 0 Å². The molecule has 1 aliphatic rings. The van der Waals surface area contributed by atoms with E-state index in [9.17, 15) is 0 Å². The van der Waals surface area contributed by atoms with Crippen LogP contribution in [-0.2, 0) is 6.42 Å². The van der Waals surface area contributed by atoms with Crippen molar-refractivity contribution in [1.82, 2.24) is 0 Å². The Hall–Kier alpha value is -2.28. The highest BCUT2D eigenvalue weighted by Crippen LogP contribution is 2.30. The van der Waals surface area contributed by atoms with Crippen LogP contribution in [0.25, 0.3) is 0 Å². The number of hydrogen-bond acceptors (Lipinski definition) is 1. The molecule has 0 unspecified atom stereocenters. The summed E-state index contributed by atoms with van der Waals surface area (Å²) in [5.74, 6) is 0.738. The van der Waals surface area contributed by atoms with Crippen LogP contribution in [0.2, 0.25) is 0 Å². The zero-order valence-electron chi connectivity index (χ0n) is 17.7. The van der Waals surface area contributed by atoms with Gasteiger partial charge in [0.1, 0.15) is 0 Å². The first-order valence-electron chi connectivity index (χ1n) is 10.4. The normalized spacial score (nSPS) is 14.0. The number of rotatable bonds is 4. The second-order valence-corrected chi connectivity index (χ2v) is 6.45. The minimum atomic E-state index is 0.738. The third kappa shape index (κ3) is 7.86. The second kappa shape index (κ2) is 13.9.